The molecule has 0 bridgehead atoms. The third kappa shape index (κ3) is 4.32. The quantitative estimate of drug-likeness (QED) is 0.581. The number of esters is 2. The molecule has 1 aliphatic rings. The topological polar surface area (TPSA) is 107 Å². The molecule has 2 aromatic rings. The summed E-state index contributed by atoms with van der Waals surface area (Å²) in [6.45, 7) is 3.58. The molecule has 0 unspecified atom stereocenters. The van der Waals surface area contributed by atoms with Gasteiger partial charge in [0.15, 0.2) is 5.78 Å². The molecule has 3 heterocycles. The highest BCUT2D eigenvalue weighted by Gasteiger charge is 2.52. The number of hydrogen-bond donors (Lipinski definition) is 1. The highest BCUT2D eigenvalue weighted by atomic mass is 16.5. The van der Waals surface area contributed by atoms with Crippen LogP contribution in [0.15, 0.2) is 49.1 Å². The Bertz CT molecular complexity index is 790. The fourth-order valence-corrected chi connectivity index (χ4v) is 3.57. The van der Waals surface area contributed by atoms with Gasteiger partial charge in [-0.15, -0.1) is 0 Å². The Morgan fingerprint density at radius 1 is 0.897 bits per heavy atom. The molecule has 0 saturated carbocycles. The number of hydrogen-bond acceptors (Lipinski definition) is 8. The van der Waals surface area contributed by atoms with E-state index in [1.165, 1.54) is 0 Å². The Morgan fingerprint density at radius 3 is 1.69 bits per heavy atom. The third-order valence-electron chi connectivity index (χ3n) is 4.81. The Kier molecular flexibility index (Phi) is 6.66. The third-order valence-corrected chi connectivity index (χ3v) is 4.81. The first kappa shape index (κ1) is 20.6. The van der Waals surface area contributed by atoms with E-state index in [9.17, 15) is 14.4 Å². The Morgan fingerprint density at radius 2 is 1.34 bits per heavy atom. The molecule has 0 spiro atoms. The van der Waals surface area contributed by atoms with E-state index in [0.29, 0.717) is 11.1 Å². The molecule has 2 aromatic heterocycles. The van der Waals surface area contributed by atoms with Crippen LogP contribution in [0.5, 0.6) is 0 Å². The standard InChI is InChI=1S/C21H23N3O5/c1-3-28-20(26)15-17(13-7-5-9-22-11-13)24-18(14-8-6-10-23-12-14)16(19(15)25)21(27)29-4-2/h5-12,15-18,24H,3-4H2,1-2H3/t15-,16-,17-,18+/m1/s1. The van der Waals surface area contributed by atoms with Gasteiger partial charge in [-0.1, -0.05) is 12.1 Å². The fourth-order valence-electron chi connectivity index (χ4n) is 3.57. The predicted molar refractivity (Wildman–Crippen MR) is 102 cm³/mol. The molecule has 1 fully saturated rings. The van der Waals surface area contributed by atoms with Crippen LogP contribution in [0.2, 0.25) is 0 Å². The van der Waals surface area contributed by atoms with Crippen molar-refractivity contribution in [1.29, 1.82) is 0 Å². The van der Waals surface area contributed by atoms with Crippen molar-refractivity contribution < 1.29 is 23.9 Å². The second kappa shape index (κ2) is 9.38. The van der Waals surface area contributed by atoms with Gasteiger partial charge in [-0.25, -0.2) is 0 Å². The van der Waals surface area contributed by atoms with Gasteiger partial charge in [-0.05, 0) is 37.1 Å². The van der Waals surface area contributed by atoms with Crippen molar-refractivity contribution in [2.45, 2.75) is 25.9 Å². The highest BCUT2D eigenvalue weighted by Crippen LogP contribution is 2.39. The zero-order valence-corrected chi connectivity index (χ0v) is 16.3. The maximum absolute atomic E-state index is 13.4. The number of aromatic nitrogens is 2. The van der Waals surface area contributed by atoms with E-state index < -0.39 is 41.6 Å². The zero-order chi connectivity index (χ0) is 20.8. The Hall–Kier alpha value is -3.13. The largest absolute Gasteiger partial charge is 0.465 e. The molecule has 29 heavy (non-hydrogen) atoms. The average Bonchev–Trinajstić information content (AvgIpc) is 2.74. The lowest BCUT2D eigenvalue weighted by molar-refractivity contribution is -0.162. The van der Waals surface area contributed by atoms with Crippen LogP contribution in [0.25, 0.3) is 0 Å². The highest BCUT2D eigenvalue weighted by molar-refractivity contribution is 6.10. The number of nitrogens with zero attached hydrogens (tertiary/aromatic N) is 2. The first-order valence-electron chi connectivity index (χ1n) is 9.51. The molecular weight excluding hydrogens is 374 g/mol. The minimum absolute atomic E-state index is 0.123. The van der Waals surface area contributed by atoms with Gasteiger partial charge in [0, 0.05) is 24.8 Å². The number of carbonyl (C=O) groups excluding carboxylic acids is 3. The number of carbonyl (C=O) groups is 3. The summed E-state index contributed by atoms with van der Waals surface area (Å²) in [5.41, 5.74) is 1.30. The number of ketones is 1. The molecule has 1 N–H and O–H groups in total. The number of rotatable bonds is 6. The van der Waals surface area contributed by atoms with E-state index in [-0.39, 0.29) is 13.2 Å². The number of ether oxygens (including phenoxy) is 2. The average molecular weight is 397 g/mol. The molecule has 1 aliphatic heterocycles. The van der Waals surface area contributed by atoms with Crippen LogP contribution in [-0.4, -0.2) is 40.9 Å². The fraction of sp³-hybridized carbons (Fsp3) is 0.381. The van der Waals surface area contributed by atoms with Crippen molar-refractivity contribution in [3.63, 3.8) is 0 Å². The molecule has 8 heteroatoms. The molecule has 0 aliphatic carbocycles. The monoisotopic (exact) mass is 397 g/mol. The lowest BCUT2D eigenvalue weighted by atomic mass is 9.75. The molecule has 0 amide bonds. The van der Waals surface area contributed by atoms with Gasteiger partial charge in [0.05, 0.1) is 25.3 Å². The molecule has 0 aromatic carbocycles. The van der Waals surface area contributed by atoms with E-state index in [1.807, 2.05) is 0 Å². The van der Waals surface area contributed by atoms with Crippen molar-refractivity contribution in [2.75, 3.05) is 13.2 Å². The predicted octanol–water partition coefficient (Wildman–Crippen LogP) is 1.79. The Labute approximate surface area is 168 Å². The minimum Gasteiger partial charge on any atom is -0.465 e. The van der Waals surface area contributed by atoms with Crippen molar-refractivity contribution in [2.24, 2.45) is 11.8 Å². The first-order chi connectivity index (χ1) is 14.1. The van der Waals surface area contributed by atoms with Gasteiger partial charge in [-0.3, -0.25) is 24.4 Å². The first-order valence-corrected chi connectivity index (χ1v) is 9.51. The van der Waals surface area contributed by atoms with E-state index in [4.69, 9.17) is 9.47 Å². The lowest BCUT2D eigenvalue weighted by Crippen LogP contribution is -2.54. The summed E-state index contributed by atoms with van der Waals surface area (Å²) >= 11 is 0. The molecule has 4 atom stereocenters. The van der Waals surface area contributed by atoms with Crippen LogP contribution in [0, 0.1) is 11.8 Å². The second-order valence-corrected chi connectivity index (χ2v) is 6.56. The number of pyridine rings is 2. The molecule has 8 nitrogen and oxygen atoms in total. The van der Waals surface area contributed by atoms with Crippen LogP contribution < -0.4 is 5.32 Å². The van der Waals surface area contributed by atoms with Crippen molar-refractivity contribution in [3.05, 3.63) is 60.2 Å². The van der Waals surface area contributed by atoms with Crippen molar-refractivity contribution in [3.8, 4) is 0 Å². The number of Topliss-reactive ketones (excluding diaryl/α,β-unsaturated/α-hetero) is 1. The van der Waals surface area contributed by atoms with Crippen molar-refractivity contribution in [1.82, 2.24) is 15.3 Å². The second-order valence-electron chi connectivity index (χ2n) is 6.56. The van der Waals surface area contributed by atoms with Crippen molar-refractivity contribution >= 4 is 17.7 Å². The molecule has 0 radical (unpaired) electrons. The van der Waals surface area contributed by atoms with Crippen LogP contribution in [0.1, 0.15) is 37.1 Å². The smallest absolute Gasteiger partial charge is 0.318 e. The van der Waals surface area contributed by atoms with E-state index in [1.54, 1.807) is 62.9 Å². The summed E-state index contributed by atoms with van der Waals surface area (Å²) in [5.74, 6) is -4.29. The van der Waals surface area contributed by atoms with Gasteiger partial charge in [0.2, 0.25) is 0 Å². The van der Waals surface area contributed by atoms with Gasteiger partial charge < -0.3 is 14.8 Å². The minimum atomic E-state index is -1.19. The summed E-state index contributed by atoms with van der Waals surface area (Å²) in [6, 6.07) is 5.59. The van der Waals surface area contributed by atoms with Gasteiger partial charge in [0.25, 0.3) is 0 Å². The normalized spacial score (nSPS) is 24.0. The van der Waals surface area contributed by atoms with Gasteiger partial charge in [0.1, 0.15) is 11.8 Å². The number of nitrogens with one attached hydrogen (secondary N) is 1. The maximum atomic E-state index is 13.4. The van der Waals surface area contributed by atoms with Crippen LogP contribution in [0.3, 0.4) is 0 Å². The molecule has 1 saturated heterocycles. The van der Waals surface area contributed by atoms with E-state index in [0.717, 1.165) is 0 Å². The van der Waals surface area contributed by atoms with E-state index >= 15 is 0 Å². The summed E-state index contributed by atoms with van der Waals surface area (Å²) in [4.78, 5) is 47.0. The SMILES string of the molecule is CCOC(=O)[C@H]1C(=O)[C@H](C(=O)OCC)[C@H](c2cccnc2)N[C@@H]1c1cccnc1. The summed E-state index contributed by atoms with van der Waals surface area (Å²) in [5, 5.41) is 3.29. The van der Waals surface area contributed by atoms with Crippen LogP contribution in [-0.2, 0) is 23.9 Å². The summed E-state index contributed by atoms with van der Waals surface area (Å²) in [6.07, 6.45) is 6.38. The van der Waals surface area contributed by atoms with E-state index in [2.05, 4.69) is 15.3 Å². The van der Waals surface area contributed by atoms with Crippen LogP contribution in [0.4, 0.5) is 0 Å². The zero-order valence-electron chi connectivity index (χ0n) is 16.3. The Balaban J connectivity index is 2.08. The maximum Gasteiger partial charge on any atom is 0.318 e. The summed E-state index contributed by atoms with van der Waals surface area (Å²) in [7, 11) is 0. The van der Waals surface area contributed by atoms with Crippen LogP contribution >= 0.6 is 0 Å². The molecule has 3 rings (SSSR count). The van der Waals surface area contributed by atoms with Gasteiger partial charge in [-0.2, -0.15) is 0 Å². The van der Waals surface area contributed by atoms with Gasteiger partial charge >= 0.3 is 11.9 Å². The molecular formula is C21H23N3O5. The molecule has 152 valence electrons. The summed E-state index contributed by atoms with van der Waals surface area (Å²) < 4.78 is 10.3. The lowest BCUT2D eigenvalue weighted by Gasteiger charge is -2.39. The number of piperidine rings is 1.